The van der Waals surface area contributed by atoms with Crippen LogP contribution in [0.1, 0.15) is 56.7 Å². The van der Waals surface area contributed by atoms with Crippen molar-refractivity contribution >= 4 is 39.0 Å². The van der Waals surface area contributed by atoms with E-state index in [0.717, 1.165) is 18.2 Å². The molecule has 1 unspecified atom stereocenters. The van der Waals surface area contributed by atoms with Crippen molar-refractivity contribution in [2.45, 2.75) is 25.4 Å². The molecular weight excluding hydrogens is 573 g/mol. The number of esters is 1. The number of nitrogen functional groups attached to an aromatic ring is 1. The number of halogens is 3. The molecule has 2 amide bonds. The van der Waals surface area contributed by atoms with Gasteiger partial charge in [0.2, 0.25) is 0 Å². The number of rotatable bonds is 8. The molecule has 220 valence electrons. The molecule has 0 aliphatic heterocycles. The Labute approximate surface area is 240 Å². The Morgan fingerprint density at radius 2 is 1.79 bits per heavy atom. The molecule has 0 fully saturated rings. The van der Waals surface area contributed by atoms with Gasteiger partial charge in [0, 0.05) is 41.4 Å². The summed E-state index contributed by atoms with van der Waals surface area (Å²) in [6, 6.07) is 11.7. The van der Waals surface area contributed by atoms with Gasteiger partial charge in [0.25, 0.3) is 11.8 Å². The van der Waals surface area contributed by atoms with Gasteiger partial charge in [0.15, 0.2) is 0 Å². The second-order valence-electron chi connectivity index (χ2n) is 9.11. The van der Waals surface area contributed by atoms with Gasteiger partial charge in [0.1, 0.15) is 5.82 Å². The van der Waals surface area contributed by atoms with Gasteiger partial charge >= 0.3 is 12.1 Å². The Bertz CT molecular complexity index is 1690. The number of unbranched alkanes of at least 4 members (excludes halogenated alkanes) is 1. The number of aromatic nitrogens is 1. The number of alkyl halides is 3. The van der Waals surface area contributed by atoms with Gasteiger partial charge in [-0.15, -0.1) is 0 Å². The molecule has 0 aliphatic rings. The molecule has 0 saturated heterocycles. The Morgan fingerprint density at radius 3 is 2.50 bits per heavy atom. The molecular formula is C29H27F3N4O5S. The van der Waals surface area contributed by atoms with Crippen LogP contribution in [-0.2, 0) is 25.4 Å². The average molecular weight is 601 g/mol. The molecule has 0 spiro atoms. The van der Waals surface area contributed by atoms with E-state index >= 15 is 0 Å². The van der Waals surface area contributed by atoms with E-state index in [4.69, 9.17) is 5.73 Å². The number of nitrogens with zero attached hydrogens (tertiary/aromatic N) is 2. The third-order valence-electron chi connectivity index (χ3n) is 5.74. The highest BCUT2D eigenvalue weighted by Gasteiger charge is 2.30. The quantitative estimate of drug-likeness (QED) is 0.213. The van der Waals surface area contributed by atoms with E-state index in [-0.39, 0.29) is 40.7 Å². The van der Waals surface area contributed by atoms with Crippen molar-refractivity contribution in [2.75, 3.05) is 30.2 Å². The van der Waals surface area contributed by atoms with Crippen LogP contribution >= 0.6 is 0 Å². The number of amides is 2. The summed E-state index contributed by atoms with van der Waals surface area (Å²) in [5.74, 6) is 3.92. The first-order valence-electron chi connectivity index (χ1n) is 12.4. The highest BCUT2D eigenvalue weighted by atomic mass is 32.2. The number of nitrogens with one attached hydrogen (secondary N) is 1. The summed E-state index contributed by atoms with van der Waals surface area (Å²) < 4.78 is 60.1. The van der Waals surface area contributed by atoms with E-state index < -0.39 is 33.3 Å². The molecule has 0 bridgehead atoms. The fourth-order valence-electron chi connectivity index (χ4n) is 3.56. The van der Waals surface area contributed by atoms with Crippen LogP contribution in [0.15, 0.2) is 65.2 Å². The lowest BCUT2D eigenvalue weighted by Gasteiger charge is -2.09. The highest BCUT2D eigenvalue weighted by molar-refractivity contribution is 7.93. The molecule has 0 aliphatic carbocycles. The van der Waals surface area contributed by atoms with Crippen molar-refractivity contribution < 1.29 is 36.5 Å². The van der Waals surface area contributed by atoms with Gasteiger partial charge in [-0.3, -0.25) is 14.4 Å². The summed E-state index contributed by atoms with van der Waals surface area (Å²) in [4.78, 5) is 40.4. The first kappa shape index (κ1) is 31.8. The zero-order valence-electron chi connectivity index (χ0n) is 22.7. The van der Waals surface area contributed by atoms with E-state index in [1.807, 2.05) is 0 Å². The monoisotopic (exact) mass is 600 g/mol. The van der Waals surface area contributed by atoms with Crippen LogP contribution in [0.4, 0.5) is 24.7 Å². The normalized spacial score (nSPS) is 12.3. The molecule has 1 atom stereocenters. The van der Waals surface area contributed by atoms with Crippen molar-refractivity contribution in [2.24, 2.45) is 4.36 Å². The maximum absolute atomic E-state index is 13.0. The average Bonchev–Trinajstić information content (AvgIpc) is 2.94. The smallest absolute Gasteiger partial charge is 0.416 e. The van der Waals surface area contributed by atoms with Gasteiger partial charge in [-0.05, 0) is 55.3 Å². The Balaban J connectivity index is 1.73. The third kappa shape index (κ3) is 9.45. The minimum atomic E-state index is -4.58. The number of anilines is 2. The standard InChI is InChI=1S/C29H27F3N4O5S/c1-41-25(37)11-3-4-14-42(2,40)36-28(39)22-16-20(26(33)34-18-22)13-12-19-7-5-10-24(15-19)35-27(38)21-8-6-9-23(17-21)29(30,31)32/h5-10,15-18H,3-4,11,14H2,1-2H3,(H2,33,34)(H,35,38). The topological polar surface area (TPSA) is 141 Å². The maximum atomic E-state index is 13.0. The van der Waals surface area contributed by atoms with Gasteiger partial charge in [0.05, 0.1) is 33.5 Å². The second-order valence-corrected chi connectivity index (χ2v) is 11.6. The number of benzene rings is 2. The predicted octanol–water partition coefficient (Wildman–Crippen LogP) is 4.92. The summed E-state index contributed by atoms with van der Waals surface area (Å²) in [6.07, 6.45) is -0.996. The summed E-state index contributed by atoms with van der Waals surface area (Å²) >= 11 is 0. The zero-order chi connectivity index (χ0) is 30.9. The lowest BCUT2D eigenvalue weighted by Crippen LogP contribution is -2.14. The number of nitrogens with two attached hydrogens (primary N) is 1. The zero-order valence-corrected chi connectivity index (χ0v) is 23.5. The van der Waals surface area contributed by atoms with E-state index in [2.05, 4.69) is 31.2 Å². The van der Waals surface area contributed by atoms with Gasteiger partial charge in [-0.1, -0.05) is 24.0 Å². The largest absolute Gasteiger partial charge is 0.469 e. The second kappa shape index (κ2) is 13.8. The molecule has 1 heterocycles. The molecule has 9 nitrogen and oxygen atoms in total. The number of carbonyl (C=O) groups excluding carboxylic acids is 3. The number of hydrogen-bond acceptors (Lipinski definition) is 7. The SMILES string of the molecule is COC(=O)CCCCS(C)(=O)=NC(=O)c1cnc(N)c(C#Cc2cccc(NC(=O)c3cccc(C(F)(F)F)c3)c2)c1. The minimum Gasteiger partial charge on any atom is -0.469 e. The fourth-order valence-corrected chi connectivity index (χ4v) is 4.85. The van der Waals surface area contributed by atoms with E-state index in [0.29, 0.717) is 24.1 Å². The first-order chi connectivity index (χ1) is 19.8. The lowest BCUT2D eigenvalue weighted by atomic mass is 10.1. The minimum absolute atomic E-state index is 0.0275. The Hall–Kier alpha value is -4.70. The van der Waals surface area contributed by atoms with E-state index in [1.165, 1.54) is 37.8 Å². The molecule has 3 aromatic rings. The number of carbonyl (C=O) groups is 3. The molecule has 3 N–H and O–H groups in total. The van der Waals surface area contributed by atoms with Crippen molar-refractivity contribution in [1.82, 2.24) is 4.98 Å². The molecule has 42 heavy (non-hydrogen) atoms. The number of pyridine rings is 1. The van der Waals surface area contributed by atoms with Crippen LogP contribution in [0, 0.1) is 11.8 Å². The number of hydrogen-bond donors (Lipinski definition) is 2. The molecule has 0 saturated carbocycles. The number of methoxy groups -OCH3 is 1. The maximum Gasteiger partial charge on any atom is 0.416 e. The molecule has 3 rings (SSSR count). The predicted molar refractivity (Wildman–Crippen MR) is 152 cm³/mol. The van der Waals surface area contributed by atoms with Gasteiger partial charge in [-0.25, -0.2) is 9.19 Å². The summed E-state index contributed by atoms with van der Waals surface area (Å²) in [6.45, 7) is 0. The van der Waals surface area contributed by atoms with Crippen LogP contribution in [0.5, 0.6) is 0 Å². The van der Waals surface area contributed by atoms with Gasteiger partial charge < -0.3 is 15.8 Å². The van der Waals surface area contributed by atoms with Crippen LogP contribution in [0.2, 0.25) is 0 Å². The summed E-state index contributed by atoms with van der Waals surface area (Å²) in [7, 11) is -1.59. The van der Waals surface area contributed by atoms with Crippen molar-refractivity contribution in [1.29, 1.82) is 0 Å². The number of ether oxygens (including phenoxy) is 1. The molecule has 0 radical (unpaired) electrons. The summed E-state index contributed by atoms with van der Waals surface area (Å²) in [5.41, 5.74) is 5.77. The van der Waals surface area contributed by atoms with Gasteiger partial charge in [-0.2, -0.15) is 17.5 Å². The molecule has 1 aromatic heterocycles. The fraction of sp³-hybridized carbons (Fsp3) is 0.241. The van der Waals surface area contributed by atoms with Crippen LogP contribution in [0.3, 0.4) is 0 Å². The van der Waals surface area contributed by atoms with E-state index in [1.54, 1.807) is 18.2 Å². The Morgan fingerprint density at radius 1 is 1.05 bits per heavy atom. The van der Waals surface area contributed by atoms with E-state index in [9.17, 15) is 31.8 Å². The molecule has 13 heteroatoms. The third-order valence-corrected chi connectivity index (χ3v) is 7.34. The van der Waals surface area contributed by atoms with Crippen LogP contribution in [-0.4, -0.2) is 46.1 Å². The van der Waals surface area contributed by atoms with Crippen molar-refractivity contribution in [3.05, 3.63) is 88.6 Å². The first-order valence-corrected chi connectivity index (χ1v) is 14.5. The lowest BCUT2D eigenvalue weighted by molar-refractivity contribution is -0.140. The summed E-state index contributed by atoms with van der Waals surface area (Å²) in [5, 5.41) is 2.54. The van der Waals surface area contributed by atoms with Crippen molar-refractivity contribution in [3.8, 4) is 11.8 Å². The van der Waals surface area contributed by atoms with Crippen molar-refractivity contribution in [3.63, 3.8) is 0 Å². The van der Waals surface area contributed by atoms with Crippen LogP contribution < -0.4 is 11.1 Å². The Kier molecular flexibility index (Phi) is 10.4. The highest BCUT2D eigenvalue weighted by Crippen LogP contribution is 2.29. The van der Waals surface area contributed by atoms with Crippen LogP contribution in [0.25, 0.3) is 0 Å². The molecule has 2 aromatic carbocycles.